The summed E-state index contributed by atoms with van der Waals surface area (Å²) >= 11 is 0. The predicted octanol–water partition coefficient (Wildman–Crippen LogP) is 2.48. The molecule has 0 bridgehead atoms. The smallest absolute Gasteiger partial charge is 0.256 e. The van der Waals surface area contributed by atoms with Crippen molar-refractivity contribution in [3.8, 4) is 0 Å². The minimum Gasteiger partial charge on any atom is -0.464 e. The van der Waals surface area contributed by atoms with Crippen molar-refractivity contribution in [3.63, 3.8) is 0 Å². The van der Waals surface area contributed by atoms with Crippen molar-refractivity contribution in [2.45, 2.75) is 13.5 Å². The van der Waals surface area contributed by atoms with E-state index in [0.29, 0.717) is 17.9 Å². The van der Waals surface area contributed by atoms with Crippen LogP contribution in [0.1, 0.15) is 21.9 Å². The molecule has 0 radical (unpaired) electrons. The molecule has 0 saturated heterocycles. The quantitative estimate of drug-likeness (QED) is 0.798. The molecule has 3 aromatic heterocycles. The highest BCUT2D eigenvalue weighted by Crippen LogP contribution is 2.13. The number of hydrogen-bond donors (Lipinski definition) is 1. The third-order valence-corrected chi connectivity index (χ3v) is 3.00. The van der Waals surface area contributed by atoms with Gasteiger partial charge in [0.1, 0.15) is 23.9 Å². The van der Waals surface area contributed by atoms with E-state index in [4.69, 9.17) is 4.42 Å². The van der Waals surface area contributed by atoms with Crippen LogP contribution in [-0.2, 0) is 6.54 Å². The first kappa shape index (κ1) is 13.1. The molecule has 6 nitrogen and oxygen atoms in total. The van der Waals surface area contributed by atoms with Crippen LogP contribution in [0, 0.1) is 6.92 Å². The van der Waals surface area contributed by atoms with Gasteiger partial charge in [-0.3, -0.25) is 9.78 Å². The second-order valence-corrected chi connectivity index (χ2v) is 4.58. The van der Waals surface area contributed by atoms with E-state index in [0.717, 1.165) is 11.5 Å². The summed E-state index contributed by atoms with van der Waals surface area (Å²) in [6.45, 7) is 2.35. The zero-order chi connectivity index (χ0) is 14.7. The first-order valence-corrected chi connectivity index (χ1v) is 6.51. The number of aryl methyl sites for hydroxylation is 1. The summed E-state index contributed by atoms with van der Waals surface area (Å²) in [6, 6.07) is 8.85. The summed E-state index contributed by atoms with van der Waals surface area (Å²) in [5.74, 6) is 2.05. The molecule has 3 rings (SSSR count). The molecule has 0 aliphatic carbocycles. The Labute approximate surface area is 121 Å². The zero-order valence-electron chi connectivity index (χ0n) is 11.5. The number of anilines is 1. The summed E-state index contributed by atoms with van der Waals surface area (Å²) in [5, 5.41) is 7.02. The van der Waals surface area contributed by atoms with Crippen LogP contribution in [0.4, 0.5) is 5.82 Å². The lowest BCUT2D eigenvalue weighted by Gasteiger charge is -2.07. The fourth-order valence-electron chi connectivity index (χ4n) is 1.97. The Hall–Kier alpha value is -2.89. The van der Waals surface area contributed by atoms with Crippen LogP contribution in [0.3, 0.4) is 0 Å². The van der Waals surface area contributed by atoms with Crippen molar-refractivity contribution in [1.82, 2.24) is 14.8 Å². The summed E-state index contributed by atoms with van der Waals surface area (Å²) < 4.78 is 7.20. The minimum atomic E-state index is -0.199. The number of hydrogen-bond acceptors (Lipinski definition) is 4. The molecule has 6 heteroatoms. The first-order chi connectivity index (χ1) is 10.2. The van der Waals surface area contributed by atoms with E-state index in [1.54, 1.807) is 41.5 Å². The monoisotopic (exact) mass is 282 g/mol. The standard InChI is InChI=1S/C15H14N4O2/c1-11-2-3-13(21-11)10-19-14(6-9-17-19)18-15(20)12-4-7-16-8-5-12/h2-9H,10H2,1H3,(H,18,20). The molecule has 0 saturated carbocycles. The maximum Gasteiger partial charge on any atom is 0.256 e. The van der Waals surface area contributed by atoms with Crippen molar-refractivity contribution in [2.24, 2.45) is 0 Å². The second kappa shape index (κ2) is 5.62. The average molecular weight is 282 g/mol. The van der Waals surface area contributed by atoms with Gasteiger partial charge in [0.15, 0.2) is 0 Å². The van der Waals surface area contributed by atoms with Gasteiger partial charge in [-0.25, -0.2) is 4.68 Å². The van der Waals surface area contributed by atoms with Gasteiger partial charge >= 0.3 is 0 Å². The van der Waals surface area contributed by atoms with E-state index < -0.39 is 0 Å². The van der Waals surface area contributed by atoms with E-state index in [-0.39, 0.29) is 5.91 Å². The second-order valence-electron chi connectivity index (χ2n) is 4.58. The summed E-state index contributed by atoms with van der Waals surface area (Å²) in [5.41, 5.74) is 0.548. The molecule has 0 fully saturated rings. The number of carbonyl (C=O) groups is 1. The van der Waals surface area contributed by atoms with E-state index in [9.17, 15) is 4.79 Å². The topological polar surface area (TPSA) is 73.0 Å². The average Bonchev–Trinajstić information content (AvgIpc) is 3.10. The molecule has 0 unspecified atom stereocenters. The van der Waals surface area contributed by atoms with Gasteiger partial charge in [-0.15, -0.1) is 0 Å². The fraction of sp³-hybridized carbons (Fsp3) is 0.133. The highest BCUT2D eigenvalue weighted by molar-refractivity contribution is 6.03. The number of pyridine rings is 1. The van der Waals surface area contributed by atoms with Crippen LogP contribution in [0.25, 0.3) is 0 Å². The van der Waals surface area contributed by atoms with Gasteiger partial charge in [-0.05, 0) is 31.2 Å². The van der Waals surface area contributed by atoms with E-state index in [1.165, 1.54) is 0 Å². The zero-order valence-corrected chi connectivity index (χ0v) is 11.5. The molecule has 0 aliphatic rings. The van der Waals surface area contributed by atoms with Crippen LogP contribution in [0.15, 0.2) is 53.3 Å². The summed E-state index contributed by atoms with van der Waals surface area (Å²) in [7, 11) is 0. The van der Waals surface area contributed by atoms with Gasteiger partial charge in [0, 0.05) is 24.0 Å². The number of nitrogens with one attached hydrogen (secondary N) is 1. The van der Waals surface area contributed by atoms with Crippen LogP contribution in [-0.4, -0.2) is 20.7 Å². The van der Waals surface area contributed by atoms with Crippen molar-refractivity contribution in [2.75, 3.05) is 5.32 Å². The summed E-state index contributed by atoms with van der Waals surface area (Å²) in [4.78, 5) is 16.0. The van der Waals surface area contributed by atoms with Crippen LogP contribution < -0.4 is 5.32 Å². The molecular formula is C15H14N4O2. The molecule has 106 valence electrons. The van der Waals surface area contributed by atoms with Gasteiger partial charge in [-0.2, -0.15) is 5.10 Å². The van der Waals surface area contributed by atoms with Gasteiger partial charge in [0.2, 0.25) is 0 Å². The third kappa shape index (κ3) is 3.00. The number of amides is 1. The number of nitrogens with zero attached hydrogens (tertiary/aromatic N) is 3. The van der Waals surface area contributed by atoms with E-state index in [1.807, 2.05) is 19.1 Å². The van der Waals surface area contributed by atoms with Crippen LogP contribution in [0.5, 0.6) is 0 Å². The van der Waals surface area contributed by atoms with Gasteiger partial charge in [0.05, 0.1) is 6.20 Å². The molecule has 1 N–H and O–H groups in total. The Morgan fingerprint density at radius 3 is 2.71 bits per heavy atom. The molecule has 0 aliphatic heterocycles. The van der Waals surface area contributed by atoms with Gasteiger partial charge in [-0.1, -0.05) is 0 Å². The Kier molecular flexibility index (Phi) is 3.51. The van der Waals surface area contributed by atoms with Crippen molar-refractivity contribution in [1.29, 1.82) is 0 Å². The van der Waals surface area contributed by atoms with E-state index >= 15 is 0 Å². The van der Waals surface area contributed by atoms with Crippen LogP contribution >= 0.6 is 0 Å². The number of furan rings is 1. The fourth-order valence-corrected chi connectivity index (χ4v) is 1.97. The normalized spacial score (nSPS) is 10.5. The minimum absolute atomic E-state index is 0.199. The Morgan fingerprint density at radius 2 is 2.00 bits per heavy atom. The SMILES string of the molecule is Cc1ccc(Cn2nccc2NC(=O)c2ccncc2)o1. The largest absolute Gasteiger partial charge is 0.464 e. The first-order valence-electron chi connectivity index (χ1n) is 6.51. The van der Waals surface area contributed by atoms with Gasteiger partial charge < -0.3 is 9.73 Å². The predicted molar refractivity (Wildman–Crippen MR) is 77.0 cm³/mol. The molecule has 0 spiro atoms. The number of carbonyl (C=O) groups excluding carboxylic acids is 1. The molecule has 1 amide bonds. The highest BCUT2D eigenvalue weighted by atomic mass is 16.3. The molecule has 3 heterocycles. The molecular weight excluding hydrogens is 268 g/mol. The Morgan fingerprint density at radius 1 is 1.19 bits per heavy atom. The van der Waals surface area contributed by atoms with Crippen molar-refractivity contribution in [3.05, 3.63) is 66.0 Å². The van der Waals surface area contributed by atoms with E-state index in [2.05, 4.69) is 15.4 Å². The Balaban J connectivity index is 1.75. The molecule has 0 aromatic carbocycles. The van der Waals surface area contributed by atoms with Crippen LogP contribution in [0.2, 0.25) is 0 Å². The van der Waals surface area contributed by atoms with Gasteiger partial charge in [0.25, 0.3) is 5.91 Å². The lowest BCUT2D eigenvalue weighted by molar-refractivity contribution is 0.102. The lowest BCUT2D eigenvalue weighted by atomic mass is 10.2. The van der Waals surface area contributed by atoms with Crippen molar-refractivity contribution >= 4 is 11.7 Å². The third-order valence-electron chi connectivity index (χ3n) is 3.00. The maximum absolute atomic E-state index is 12.1. The van der Waals surface area contributed by atoms with Crippen molar-refractivity contribution < 1.29 is 9.21 Å². The Bertz CT molecular complexity index is 746. The maximum atomic E-state index is 12.1. The highest BCUT2D eigenvalue weighted by Gasteiger charge is 2.10. The molecule has 21 heavy (non-hydrogen) atoms. The number of aromatic nitrogens is 3. The lowest BCUT2D eigenvalue weighted by Crippen LogP contribution is -2.16. The summed E-state index contributed by atoms with van der Waals surface area (Å²) in [6.07, 6.45) is 4.80. The number of rotatable bonds is 4. The molecule has 3 aromatic rings. The molecule has 0 atom stereocenters.